The number of esters is 1. The first-order chi connectivity index (χ1) is 8.89. The fourth-order valence-electron chi connectivity index (χ4n) is 1.42. The molecule has 0 N–H and O–H groups in total. The summed E-state index contributed by atoms with van der Waals surface area (Å²) in [6, 6.07) is 0. The number of rotatable bonds is 4. The van der Waals surface area contributed by atoms with E-state index >= 15 is 0 Å². The molecule has 0 spiro atoms. The second-order valence-electron chi connectivity index (χ2n) is 4.31. The first kappa shape index (κ1) is 17.1. The summed E-state index contributed by atoms with van der Waals surface area (Å²) >= 11 is 0. The first-order valence-corrected chi connectivity index (χ1v) is 6.69. The van der Waals surface area contributed by atoms with Gasteiger partial charge in [0.1, 0.15) is 6.10 Å². The summed E-state index contributed by atoms with van der Waals surface area (Å²) in [4.78, 5) is 11.4. The van der Waals surface area contributed by atoms with E-state index in [1.165, 1.54) is 13.8 Å². The van der Waals surface area contributed by atoms with Crippen molar-refractivity contribution in [3.63, 3.8) is 0 Å². The number of methoxy groups -OCH3 is 1. The van der Waals surface area contributed by atoms with Gasteiger partial charge in [0.05, 0.1) is 13.7 Å². The second kappa shape index (κ2) is 5.47. The second-order valence-corrected chi connectivity index (χ2v) is 5.87. The maximum atomic E-state index is 12.3. The van der Waals surface area contributed by atoms with Crippen LogP contribution in [0.2, 0.25) is 0 Å². The molecule has 0 amide bonds. The van der Waals surface area contributed by atoms with E-state index in [4.69, 9.17) is 9.47 Å². The van der Waals surface area contributed by atoms with Crippen molar-refractivity contribution in [2.24, 2.45) is 0 Å². The third-order valence-corrected chi connectivity index (χ3v) is 3.34. The predicted molar refractivity (Wildman–Crippen MR) is 56.8 cm³/mol. The standard InChI is InChI=1S/C9H13F3O7S/c1-8(2)17-4-5(18-8)6(7(13)16-3)19-20(14,15)9(10,11)12/h5-6H,4H2,1-3H3/t5-,6-/m0/s1. The minimum Gasteiger partial charge on any atom is -0.467 e. The molecule has 0 aliphatic carbocycles. The van der Waals surface area contributed by atoms with Crippen molar-refractivity contribution in [3.05, 3.63) is 0 Å². The monoisotopic (exact) mass is 322 g/mol. The van der Waals surface area contributed by atoms with E-state index in [-0.39, 0.29) is 6.61 Å². The SMILES string of the molecule is COC(=O)[C@@H](OS(=O)(=O)C(F)(F)F)[C@@H]1COC(C)(C)O1. The Hall–Kier alpha value is -0.910. The van der Waals surface area contributed by atoms with Gasteiger partial charge in [0.15, 0.2) is 5.79 Å². The zero-order valence-electron chi connectivity index (χ0n) is 10.8. The molecule has 1 rings (SSSR count). The van der Waals surface area contributed by atoms with Gasteiger partial charge in [-0.3, -0.25) is 0 Å². The molecule has 7 nitrogen and oxygen atoms in total. The van der Waals surface area contributed by atoms with Gasteiger partial charge in [-0.25, -0.2) is 8.98 Å². The molecular weight excluding hydrogens is 309 g/mol. The molecule has 0 bridgehead atoms. The van der Waals surface area contributed by atoms with Crippen molar-refractivity contribution in [2.45, 2.75) is 37.4 Å². The number of carbonyl (C=O) groups is 1. The van der Waals surface area contributed by atoms with Crippen molar-refractivity contribution in [1.82, 2.24) is 0 Å². The summed E-state index contributed by atoms with van der Waals surface area (Å²) in [5.41, 5.74) is -5.66. The molecule has 0 aromatic heterocycles. The fourth-order valence-corrected chi connectivity index (χ4v) is 2.01. The molecule has 118 valence electrons. The maximum Gasteiger partial charge on any atom is 0.523 e. The summed E-state index contributed by atoms with van der Waals surface area (Å²) in [6.45, 7) is 2.57. The first-order valence-electron chi connectivity index (χ1n) is 5.29. The lowest BCUT2D eigenvalue weighted by molar-refractivity contribution is -0.168. The van der Waals surface area contributed by atoms with Gasteiger partial charge in [0.2, 0.25) is 6.10 Å². The summed E-state index contributed by atoms with van der Waals surface area (Å²) in [6.07, 6.45) is -3.44. The average molecular weight is 322 g/mol. The lowest BCUT2D eigenvalue weighted by Gasteiger charge is -2.22. The van der Waals surface area contributed by atoms with E-state index < -0.39 is 39.6 Å². The minimum atomic E-state index is -5.96. The van der Waals surface area contributed by atoms with E-state index in [1.54, 1.807) is 0 Å². The van der Waals surface area contributed by atoms with E-state index in [0.29, 0.717) is 0 Å². The Labute approximate surface area is 113 Å². The van der Waals surface area contributed by atoms with E-state index in [1.807, 2.05) is 0 Å². The molecular formula is C9H13F3O7S. The van der Waals surface area contributed by atoms with Crippen LogP contribution in [0.5, 0.6) is 0 Å². The summed E-state index contributed by atoms with van der Waals surface area (Å²) in [5, 5.41) is 0. The largest absolute Gasteiger partial charge is 0.523 e. The van der Waals surface area contributed by atoms with Crippen molar-refractivity contribution in [1.29, 1.82) is 0 Å². The van der Waals surface area contributed by atoms with Gasteiger partial charge in [0, 0.05) is 0 Å². The van der Waals surface area contributed by atoms with Gasteiger partial charge in [-0.05, 0) is 13.8 Å². The Morgan fingerprint density at radius 1 is 1.40 bits per heavy atom. The molecule has 11 heteroatoms. The van der Waals surface area contributed by atoms with Crippen LogP contribution in [-0.2, 0) is 33.3 Å². The third-order valence-electron chi connectivity index (χ3n) is 2.32. The Kier molecular flexibility index (Phi) is 4.69. The normalized spacial score (nSPS) is 24.4. The summed E-state index contributed by atoms with van der Waals surface area (Å²) < 4.78 is 77.0. The Morgan fingerprint density at radius 2 is 1.95 bits per heavy atom. The van der Waals surface area contributed by atoms with E-state index in [0.717, 1.165) is 7.11 Å². The lowest BCUT2D eigenvalue weighted by Crippen LogP contribution is -2.43. The highest BCUT2D eigenvalue weighted by Gasteiger charge is 2.52. The van der Waals surface area contributed by atoms with Crippen LogP contribution in [0.3, 0.4) is 0 Å². The Balaban J connectivity index is 2.96. The molecule has 2 atom stereocenters. The number of ether oxygens (including phenoxy) is 3. The molecule has 0 unspecified atom stereocenters. The predicted octanol–water partition coefficient (Wildman–Crippen LogP) is 0.546. The van der Waals surface area contributed by atoms with Gasteiger partial charge in [-0.15, -0.1) is 0 Å². The number of halogens is 3. The van der Waals surface area contributed by atoms with Crippen LogP contribution in [0.15, 0.2) is 0 Å². The van der Waals surface area contributed by atoms with Gasteiger partial charge in [-0.2, -0.15) is 21.6 Å². The van der Waals surface area contributed by atoms with Crippen LogP contribution in [-0.4, -0.2) is 51.6 Å². The highest BCUT2D eigenvalue weighted by Crippen LogP contribution is 2.30. The lowest BCUT2D eigenvalue weighted by atomic mass is 10.2. The summed E-state index contributed by atoms with van der Waals surface area (Å²) in [7, 11) is -5.09. The molecule has 0 radical (unpaired) electrons. The highest BCUT2D eigenvalue weighted by atomic mass is 32.2. The Bertz CT molecular complexity index is 470. The van der Waals surface area contributed by atoms with Crippen molar-refractivity contribution < 1.29 is 44.8 Å². The molecule has 0 aromatic carbocycles. The fraction of sp³-hybridized carbons (Fsp3) is 0.889. The van der Waals surface area contributed by atoms with Gasteiger partial charge in [0.25, 0.3) is 0 Å². The highest BCUT2D eigenvalue weighted by molar-refractivity contribution is 7.87. The van der Waals surface area contributed by atoms with Crippen molar-refractivity contribution >= 4 is 16.1 Å². The van der Waals surface area contributed by atoms with Crippen molar-refractivity contribution in [2.75, 3.05) is 13.7 Å². The van der Waals surface area contributed by atoms with Crippen LogP contribution in [0.25, 0.3) is 0 Å². The van der Waals surface area contributed by atoms with Gasteiger partial charge >= 0.3 is 21.6 Å². The van der Waals surface area contributed by atoms with Crippen LogP contribution < -0.4 is 0 Å². The third kappa shape index (κ3) is 3.81. The average Bonchev–Trinajstić information content (AvgIpc) is 2.64. The number of hydrogen-bond donors (Lipinski definition) is 0. The quantitative estimate of drug-likeness (QED) is 0.424. The molecule has 20 heavy (non-hydrogen) atoms. The minimum absolute atomic E-state index is 0.319. The number of carbonyl (C=O) groups excluding carboxylic acids is 1. The molecule has 1 aliphatic rings. The van der Waals surface area contributed by atoms with Crippen LogP contribution in [0.1, 0.15) is 13.8 Å². The molecule has 1 heterocycles. The number of alkyl halides is 3. The van der Waals surface area contributed by atoms with Gasteiger partial charge in [-0.1, -0.05) is 0 Å². The molecule has 1 saturated heterocycles. The van der Waals surface area contributed by atoms with Crippen LogP contribution >= 0.6 is 0 Å². The summed E-state index contributed by atoms with van der Waals surface area (Å²) in [5.74, 6) is -2.49. The van der Waals surface area contributed by atoms with Crippen molar-refractivity contribution in [3.8, 4) is 0 Å². The molecule has 1 aliphatic heterocycles. The topological polar surface area (TPSA) is 88.1 Å². The molecule has 0 aromatic rings. The van der Waals surface area contributed by atoms with Crippen LogP contribution in [0.4, 0.5) is 13.2 Å². The molecule has 0 saturated carbocycles. The zero-order valence-corrected chi connectivity index (χ0v) is 11.6. The molecule has 1 fully saturated rings. The number of hydrogen-bond acceptors (Lipinski definition) is 7. The maximum absolute atomic E-state index is 12.3. The van der Waals surface area contributed by atoms with E-state index in [2.05, 4.69) is 8.92 Å². The van der Waals surface area contributed by atoms with Gasteiger partial charge < -0.3 is 14.2 Å². The smallest absolute Gasteiger partial charge is 0.467 e. The zero-order chi connectivity index (χ0) is 15.8. The van der Waals surface area contributed by atoms with E-state index in [9.17, 15) is 26.4 Å². The Morgan fingerprint density at radius 3 is 2.30 bits per heavy atom. The van der Waals surface area contributed by atoms with Crippen LogP contribution in [0, 0.1) is 0 Å².